The molecule has 0 saturated carbocycles. The van der Waals surface area contributed by atoms with Gasteiger partial charge < -0.3 is 10.1 Å². The number of hydrogen-bond acceptors (Lipinski definition) is 4. The number of carbonyl (C=O) groups is 2. The van der Waals surface area contributed by atoms with Crippen LogP contribution in [0.25, 0.3) is 0 Å². The van der Waals surface area contributed by atoms with Gasteiger partial charge in [0.2, 0.25) is 5.91 Å². The first kappa shape index (κ1) is 20.4. The summed E-state index contributed by atoms with van der Waals surface area (Å²) in [6.45, 7) is 2.49. The fraction of sp³-hybridized carbons (Fsp3) is 0.300. The van der Waals surface area contributed by atoms with E-state index in [-0.39, 0.29) is 5.75 Å². The van der Waals surface area contributed by atoms with Gasteiger partial charge in [0.1, 0.15) is 6.04 Å². The normalized spacial score (nSPS) is 11.7. The lowest BCUT2D eigenvalue weighted by Gasteiger charge is -2.27. The topological polar surface area (TPSA) is 70.7 Å². The zero-order valence-electron chi connectivity index (χ0n) is 15.7. The first-order valence-corrected chi connectivity index (χ1v) is 8.62. The molecule has 1 atom stereocenters. The van der Waals surface area contributed by atoms with E-state index in [1.165, 1.54) is 13.2 Å². The molecule has 2 aromatic carbocycles. The van der Waals surface area contributed by atoms with Gasteiger partial charge in [0.15, 0.2) is 11.6 Å². The fourth-order valence-electron chi connectivity index (χ4n) is 2.81. The monoisotopic (exact) mass is 373 g/mol. The third-order valence-corrected chi connectivity index (χ3v) is 4.03. The molecule has 0 aliphatic heterocycles. The zero-order valence-corrected chi connectivity index (χ0v) is 15.7. The third kappa shape index (κ3) is 5.52. The lowest BCUT2D eigenvalue weighted by atomic mass is 10.0. The number of methoxy groups -OCH3 is 1. The molecule has 2 rings (SSSR count). The predicted molar refractivity (Wildman–Crippen MR) is 101 cm³/mol. The summed E-state index contributed by atoms with van der Waals surface area (Å²) >= 11 is 0. The van der Waals surface area contributed by atoms with Crippen molar-refractivity contribution in [3.63, 3.8) is 0 Å². The van der Waals surface area contributed by atoms with Crippen molar-refractivity contribution in [2.24, 2.45) is 0 Å². The number of imide groups is 1. The summed E-state index contributed by atoms with van der Waals surface area (Å²) in [6.07, 6.45) is 0. The summed E-state index contributed by atoms with van der Waals surface area (Å²) in [5, 5.41) is 4.89. The summed E-state index contributed by atoms with van der Waals surface area (Å²) in [4.78, 5) is 26.2. The van der Waals surface area contributed by atoms with Gasteiger partial charge in [0.25, 0.3) is 0 Å². The molecule has 27 heavy (non-hydrogen) atoms. The Balaban J connectivity index is 2.23. The highest BCUT2D eigenvalue weighted by molar-refractivity contribution is 5.97. The van der Waals surface area contributed by atoms with Crippen LogP contribution in [-0.4, -0.2) is 37.5 Å². The maximum absolute atomic E-state index is 14.0. The molecule has 0 fully saturated rings. The highest BCUT2D eigenvalue weighted by Gasteiger charge is 2.26. The molecule has 7 heteroatoms. The van der Waals surface area contributed by atoms with Gasteiger partial charge in [0.05, 0.1) is 7.11 Å². The van der Waals surface area contributed by atoms with E-state index in [2.05, 4.69) is 10.6 Å². The number of nitrogens with one attached hydrogen (secondary N) is 2. The van der Waals surface area contributed by atoms with Crippen LogP contribution in [0.2, 0.25) is 0 Å². The molecule has 0 aliphatic carbocycles. The summed E-state index contributed by atoms with van der Waals surface area (Å²) < 4.78 is 18.9. The van der Waals surface area contributed by atoms with Gasteiger partial charge in [-0.2, -0.15) is 0 Å². The third-order valence-electron chi connectivity index (χ3n) is 4.03. The molecule has 0 aliphatic rings. The Labute approximate surface area is 158 Å². The Hall–Kier alpha value is -2.93. The quantitative estimate of drug-likeness (QED) is 0.783. The van der Waals surface area contributed by atoms with E-state index in [9.17, 15) is 14.0 Å². The van der Waals surface area contributed by atoms with E-state index in [4.69, 9.17) is 4.74 Å². The number of halogens is 1. The van der Waals surface area contributed by atoms with Crippen LogP contribution < -0.4 is 15.4 Å². The molecule has 144 valence electrons. The van der Waals surface area contributed by atoms with Crippen molar-refractivity contribution >= 4 is 11.9 Å². The van der Waals surface area contributed by atoms with Gasteiger partial charge >= 0.3 is 6.03 Å². The van der Waals surface area contributed by atoms with Gasteiger partial charge in [0, 0.05) is 13.1 Å². The number of carbonyl (C=O) groups excluding carboxylic acids is 2. The summed E-state index contributed by atoms with van der Waals surface area (Å²) in [5.74, 6) is -0.759. The Morgan fingerprint density at radius 3 is 2.48 bits per heavy atom. The number of rotatable bonds is 7. The predicted octanol–water partition coefficient (Wildman–Crippen LogP) is 2.85. The molecule has 0 aromatic heterocycles. The van der Waals surface area contributed by atoms with Crippen molar-refractivity contribution in [1.29, 1.82) is 0 Å². The molecule has 0 heterocycles. The second-order valence-electron chi connectivity index (χ2n) is 6.05. The Morgan fingerprint density at radius 2 is 1.89 bits per heavy atom. The molecule has 0 spiro atoms. The molecule has 0 saturated heterocycles. The van der Waals surface area contributed by atoms with Crippen molar-refractivity contribution in [2.75, 3.05) is 20.7 Å². The van der Waals surface area contributed by atoms with Crippen molar-refractivity contribution in [3.05, 3.63) is 65.5 Å². The summed E-state index contributed by atoms with van der Waals surface area (Å²) in [6, 6.07) is 12.5. The van der Waals surface area contributed by atoms with Crippen LogP contribution in [0.1, 0.15) is 24.1 Å². The van der Waals surface area contributed by atoms with Crippen molar-refractivity contribution in [3.8, 4) is 5.75 Å². The first-order valence-electron chi connectivity index (χ1n) is 8.62. The van der Waals surface area contributed by atoms with E-state index >= 15 is 0 Å². The van der Waals surface area contributed by atoms with Gasteiger partial charge in [-0.15, -0.1) is 0 Å². The zero-order chi connectivity index (χ0) is 19.8. The van der Waals surface area contributed by atoms with Gasteiger partial charge in [-0.05, 0) is 37.2 Å². The van der Waals surface area contributed by atoms with Gasteiger partial charge in [-0.1, -0.05) is 36.4 Å². The second kappa shape index (κ2) is 9.68. The van der Waals surface area contributed by atoms with E-state index in [0.29, 0.717) is 18.7 Å². The first-order chi connectivity index (χ1) is 13.0. The largest absolute Gasteiger partial charge is 0.494 e. The maximum atomic E-state index is 14.0. The molecule has 6 nitrogen and oxygen atoms in total. The van der Waals surface area contributed by atoms with Crippen LogP contribution in [0, 0.1) is 5.82 Å². The van der Waals surface area contributed by atoms with Crippen molar-refractivity contribution in [1.82, 2.24) is 15.5 Å². The number of hydrogen-bond donors (Lipinski definition) is 2. The number of urea groups is 1. The molecular formula is C20H24FN3O3. The Morgan fingerprint density at radius 1 is 1.19 bits per heavy atom. The summed E-state index contributed by atoms with van der Waals surface area (Å²) in [7, 11) is 3.15. The SMILES string of the molecule is CCNC(=O)NC(=O)[C@H](c1ccccc1)N(C)Cc1ccc(OC)c(F)c1. The van der Waals surface area contributed by atoms with Crippen molar-refractivity contribution < 1.29 is 18.7 Å². The molecule has 2 aromatic rings. The molecular weight excluding hydrogens is 349 g/mol. The van der Waals surface area contributed by atoms with Crippen LogP contribution in [0.3, 0.4) is 0 Å². The number of ether oxygens (including phenoxy) is 1. The Kier molecular flexibility index (Phi) is 7.31. The molecule has 2 N–H and O–H groups in total. The maximum Gasteiger partial charge on any atom is 0.321 e. The lowest BCUT2D eigenvalue weighted by Crippen LogP contribution is -2.45. The van der Waals surface area contributed by atoms with Crippen LogP contribution in [0.4, 0.5) is 9.18 Å². The Bertz CT molecular complexity index is 783. The van der Waals surface area contributed by atoms with Crippen LogP contribution in [0.5, 0.6) is 5.75 Å². The summed E-state index contributed by atoms with van der Waals surface area (Å²) in [5.41, 5.74) is 1.42. The average Bonchev–Trinajstić information content (AvgIpc) is 2.63. The van der Waals surface area contributed by atoms with E-state index in [1.54, 1.807) is 31.0 Å². The number of benzene rings is 2. The smallest absolute Gasteiger partial charge is 0.321 e. The highest BCUT2D eigenvalue weighted by atomic mass is 19.1. The van der Waals surface area contributed by atoms with E-state index in [1.807, 2.05) is 30.3 Å². The minimum absolute atomic E-state index is 0.162. The van der Waals surface area contributed by atoms with E-state index < -0.39 is 23.8 Å². The number of likely N-dealkylation sites (N-methyl/N-ethyl adjacent to an activating group) is 1. The minimum atomic E-state index is -0.709. The van der Waals surface area contributed by atoms with Crippen LogP contribution >= 0.6 is 0 Å². The molecule has 0 unspecified atom stereocenters. The molecule has 0 bridgehead atoms. The van der Waals surface area contributed by atoms with Crippen LogP contribution in [-0.2, 0) is 11.3 Å². The fourth-order valence-corrected chi connectivity index (χ4v) is 2.81. The minimum Gasteiger partial charge on any atom is -0.494 e. The number of amides is 3. The highest BCUT2D eigenvalue weighted by Crippen LogP contribution is 2.24. The molecule has 3 amide bonds. The van der Waals surface area contributed by atoms with E-state index in [0.717, 1.165) is 5.56 Å². The van der Waals surface area contributed by atoms with Gasteiger partial charge in [-0.3, -0.25) is 15.0 Å². The van der Waals surface area contributed by atoms with Crippen molar-refractivity contribution in [2.45, 2.75) is 19.5 Å². The van der Waals surface area contributed by atoms with Crippen LogP contribution in [0.15, 0.2) is 48.5 Å². The standard InChI is InChI=1S/C20H24FN3O3/c1-4-22-20(26)23-19(25)18(15-8-6-5-7-9-15)24(2)13-14-10-11-17(27-3)16(21)12-14/h5-12,18H,4,13H2,1-3H3,(H2,22,23,25,26)/t18-/m0/s1. The second-order valence-corrected chi connectivity index (χ2v) is 6.05. The number of nitrogens with zero attached hydrogens (tertiary/aromatic N) is 1. The molecule has 0 radical (unpaired) electrons. The lowest BCUT2D eigenvalue weighted by molar-refractivity contribution is -0.125. The average molecular weight is 373 g/mol. The van der Waals surface area contributed by atoms with Gasteiger partial charge in [-0.25, -0.2) is 9.18 Å².